The molecule has 0 spiro atoms. The molecule has 1 aliphatic rings. The highest BCUT2D eigenvalue weighted by molar-refractivity contribution is 7.19. The molecule has 14 heteroatoms. The largest absolute Gasteiger partial charge is 0.408 e. The minimum absolute atomic E-state index is 0.121. The lowest BCUT2D eigenvalue weighted by Crippen LogP contribution is -2.50. The van der Waals surface area contributed by atoms with Gasteiger partial charge in [-0.05, 0) is 31.4 Å². The molecule has 2 aromatic rings. The first kappa shape index (κ1) is 26.5. The molecule has 35 heavy (non-hydrogen) atoms. The first-order chi connectivity index (χ1) is 16.5. The van der Waals surface area contributed by atoms with Crippen LogP contribution in [0.15, 0.2) is 23.2 Å². The zero-order valence-electron chi connectivity index (χ0n) is 18.4. The Hall–Kier alpha value is -3.13. The standard InChI is InChI=1S/C21H24F5N7OS/c22-12-4-1-5-13(23)15(12)20-32-16(17(29)35-20)19(34)31-14(9-27)18(30-10-21(24,25)26)33-7-2-3-11(28)6-8-33/h1,4-5,9,11,14,27H,2-3,6-8,10,28-29H2,(H,31,34)/t11-,14?/m1/s1. The number of carbonyl (C=O) groups excluding carboxylic acids is 1. The van der Waals surface area contributed by atoms with Crippen molar-refractivity contribution in [2.24, 2.45) is 10.7 Å². The van der Waals surface area contributed by atoms with Crippen molar-refractivity contribution in [1.29, 1.82) is 5.41 Å². The summed E-state index contributed by atoms with van der Waals surface area (Å²) in [6.07, 6.45) is -2.07. The molecule has 0 aliphatic carbocycles. The number of benzene rings is 1. The van der Waals surface area contributed by atoms with E-state index in [1.165, 1.54) is 6.07 Å². The number of nitrogens with one attached hydrogen (secondary N) is 2. The molecular weight excluding hydrogens is 493 g/mol. The van der Waals surface area contributed by atoms with Crippen LogP contribution in [-0.2, 0) is 0 Å². The molecule has 1 amide bonds. The van der Waals surface area contributed by atoms with Crippen molar-refractivity contribution in [2.75, 3.05) is 25.4 Å². The van der Waals surface area contributed by atoms with Crippen molar-refractivity contribution < 1.29 is 26.7 Å². The lowest BCUT2D eigenvalue weighted by molar-refractivity contribution is -0.118. The van der Waals surface area contributed by atoms with Crippen LogP contribution in [0.4, 0.5) is 27.0 Å². The number of anilines is 1. The number of aliphatic imine (C=N–C) groups is 1. The van der Waals surface area contributed by atoms with Crippen molar-refractivity contribution in [3.05, 3.63) is 35.5 Å². The van der Waals surface area contributed by atoms with Crippen LogP contribution in [-0.4, -0.2) is 65.7 Å². The van der Waals surface area contributed by atoms with Gasteiger partial charge in [0.1, 0.15) is 40.1 Å². The number of likely N-dealkylation sites (tertiary alicyclic amines) is 1. The maximum atomic E-state index is 14.1. The van der Waals surface area contributed by atoms with E-state index in [2.05, 4.69) is 15.3 Å². The highest BCUT2D eigenvalue weighted by Gasteiger charge is 2.31. The molecule has 190 valence electrons. The first-order valence-electron chi connectivity index (χ1n) is 10.6. The smallest absolute Gasteiger partial charge is 0.389 e. The molecule has 0 saturated carbocycles. The van der Waals surface area contributed by atoms with Crippen molar-refractivity contribution in [3.8, 4) is 10.6 Å². The summed E-state index contributed by atoms with van der Waals surface area (Å²) in [4.78, 5) is 22.1. The summed E-state index contributed by atoms with van der Waals surface area (Å²) in [6.45, 7) is -0.853. The number of aromatic nitrogens is 1. The first-order valence-corrected chi connectivity index (χ1v) is 11.5. The summed E-state index contributed by atoms with van der Waals surface area (Å²) in [5, 5.41) is 9.82. The Morgan fingerprint density at radius 1 is 1.31 bits per heavy atom. The Morgan fingerprint density at radius 3 is 2.63 bits per heavy atom. The third-order valence-electron chi connectivity index (χ3n) is 5.29. The summed E-state index contributed by atoms with van der Waals surface area (Å²) in [5.41, 5.74) is 11.0. The Balaban J connectivity index is 1.88. The number of nitrogens with two attached hydrogens (primary N) is 2. The molecule has 2 heterocycles. The van der Waals surface area contributed by atoms with Gasteiger partial charge >= 0.3 is 6.18 Å². The lowest BCUT2D eigenvalue weighted by Gasteiger charge is -2.29. The molecule has 0 radical (unpaired) electrons. The molecule has 6 N–H and O–H groups in total. The summed E-state index contributed by atoms with van der Waals surface area (Å²) in [7, 11) is 0. The number of rotatable bonds is 6. The summed E-state index contributed by atoms with van der Waals surface area (Å²) in [5.74, 6) is -2.87. The van der Waals surface area contributed by atoms with E-state index in [-0.39, 0.29) is 27.6 Å². The van der Waals surface area contributed by atoms with E-state index in [0.29, 0.717) is 43.7 Å². The predicted molar refractivity (Wildman–Crippen MR) is 124 cm³/mol. The van der Waals surface area contributed by atoms with Crippen LogP contribution in [0.3, 0.4) is 0 Å². The minimum Gasteiger partial charge on any atom is -0.389 e. The van der Waals surface area contributed by atoms with Crippen LogP contribution in [0.25, 0.3) is 10.6 Å². The minimum atomic E-state index is -4.60. The lowest BCUT2D eigenvalue weighted by atomic mass is 10.1. The fourth-order valence-corrected chi connectivity index (χ4v) is 4.49. The van der Waals surface area contributed by atoms with E-state index in [9.17, 15) is 26.7 Å². The zero-order valence-corrected chi connectivity index (χ0v) is 19.2. The van der Waals surface area contributed by atoms with Gasteiger partial charge in [-0.1, -0.05) is 17.4 Å². The van der Waals surface area contributed by atoms with Gasteiger partial charge in [0.15, 0.2) is 5.69 Å². The Bertz CT molecular complexity index is 1080. The molecule has 1 aromatic heterocycles. The van der Waals surface area contributed by atoms with Crippen LogP contribution < -0.4 is 16.8 Å². The van der Waals surface area contributed by atoms with Crippen molar-refractivity contribution in [3.63, 3.8) is 0 Å². The zero-order chi connectivity index (χ0) is 25.8. The Labute approximate surface area is 201 Å². The fourth-order valence-electron chi connectivity index (χ4n) is 3.61. The van der Waals surface area contributed by atoms with E-state index < -0.39 is 41.9 Å². The molecule has 3 rings (SSSR count). The SMILES string of the molecule is N=CC(NC(=O)c1nc(-c2c(F)cccc2F)sc1N)C(=NCC(F)(F)F)N1CCC[C@@H](N)CC1. The van der Waals surface area contributed by atoms with Crippen molar-refractivity contribution in [1.82, 2.24) is 15.2 Å². The number of thiazole rings is 1. The van der Waals surface area contributed by atoms with Gasteiger partial charge in [-0.15, -0.1) is 0 Å². The number of alkyl halides is 3. The number of amidine groups is 1. The predicted octanol–water partition coefficient (Wildman–Crippen LogP) is 3.19. The number of carbonyl (C=O) groups is 1. The number of hydrogen-bond acceptors (Lipinski definition) is 7. The van der Waals surface area contributed by atoms with Crippen LogP contribution in [0.2, 0.25) is 0 Å². The second-order valence-electron chi connectivity index (χ2n) is 7.91. The number of halogens is 5. The van der Waals surface area contributed by atoms with Gasteiger partial charge in [0.05, 0.1) is 5.56 Å². The molecule has 1 aromatic carbocycles. The summed E-state index contributed by atoms with van der Waals surface area (Å²) < 4.78 is 67.0. The second kappa shape index (κ2) is 11.1. The quantitative estimate of drug-likeness (QED) is 0.265. The maximum absolute atomic E-state index is 14.1. The average Bonchev–Trinajstić information content (AvgIpc) is 3.02. The maximum Gasteiger partial charge on any atom is 0.408 e. The Kier molecular flexibility index (Phi) is 8.38. The third-order valence-corrected chi connectivity index (χ3v) is 6.20. The van der Waals surface area contributed by atoms with Gasteiger partial charge < -0.3 is 27.1 Å². The molecule has 1 aliphatic heterocycles. The van der Waals surface area contributed by atoms with Crippen LogP contribution in [0, 0.1) is 17.0 Å². The highest BCUT2D eigenvalue weighted by Crippen LogP contribution is 2.33. The third kappa shape index (κ3) is 6.72. The van der Waals surface area contributed by atoms with Gasteiger partial charge in [0, 0.05) is 25.3 Å². The van der Waals surface area contributed by atoms with Gasteiger partial charge in [0.2, 0.25) is 0 Å². The van der Waals surface area contributed by atoms with Crippen molar-refractivity contribution in [2.45, 2.75) is 37.5 Å². The average molecular weight is 518 g/mol. The van der Waals surface area contributed by atoms with Crippen LogP contribution in [0.1, 0.15) is 29.8 Å². The Morgan fingerprint density at radius 2 is 2.00 bits per heavy atom. The van der Waals surface area contributed by atoms with Crippen LogP contribution in [0.5, 0.6) is 0 Å². The van der Waals surface area contributed by atoms with E-state index >= 15 is 0 Å². The second-order valence-corrected chi connectivity index (χ2v) is 8.94. The number of nitrogen functional groups attached to an aromatic ring is 1. The summed E-state index contributed by atoms with van der Waals surface area (Å²) in [6, 6.07) is 1.78. The fraction of sp³-hybridized carbons (Fsp3) is 0.429. The van der Waals surface area contributed by atoms with Gasteiger partial charge in [0.25, 0.3) is 5.91 Å². The molecule has 8 nitrogen and oxygen atoms in total. The topological polar surface area (TPSA) is 133 Å². The van der Waals surface area contributed by atoms with Gasteiger partial charge in [-0.3, -0.25) is 9.79 Å². The number of hydrogen-bond donors (Lipinski definition) is 4. The monoisotopic (exact) mass is 517 g/mol. The molecule has 1 unspecified atom stereocenters. The summed E-state index contributed by atoms with van der Waals surface area (Å²) >= 11 is 0.677. The molecule has 1 fully saturated rings. The van der Waals surface area contributed by atoms with Gasteiger partial charge in [-0.25, -0.2) is 13.8 Å². The number of nitrogens with zero attached hydrogens (tertiary/aromatic N) is 3. The molecular formula is C21H24F5N7OS. The molecule has 1 saturated heterocycles. The van der Waals surface area contributed by atoms with E-state index in [1.54, 1.807) is 4.90 Å². The van der Waals surface area contributed by atoms with E-state index in [4.69, 9.17) is 16.9 Å². The van der Waals surface area contributed by atoms with Crippen molar-refractivity contribution >= 4 is 34.3 Å². The van der Waals surface area contributed by atoms with Gasteiger partial charge in [-0.2, -0.15) is 13.2 Å². The van der Waals surface area contributed by atoms with Crippen LogP contribution >= 0.6 is 11.3 Å². The van der Waals surface area contributed by atoms with E-state index in [0.717, 1.165) is 18.3 Å². The van der Waals surface area contributed by atoms with E-state index in [1.807, 2.05) is 0 Å². The normalized spacial score (nSPS) is 18.2. The molecule has 2 atom stereocenters. The number of amides is 1. The highest BCUT2D eigenvalue weighted by atomic mass is 32.1. The molecule has 0 bridgehead atoms.